The number of carbonyl (C=O) groups is 2. The smallest absolute Gasteiger partial charge is 0.446 e. The summed E-state index contributed by atoms with van der Waals surface area (Å²) in [6.45, 7) is 3.11. The Morgan fingerprint density at radius 3 is 2.04 bits per heavy atom. The van der Waals surface area contributed by atoms with Crippen molar-refractivity contribution in [2.24, 2.45) is 0 Å². The molecule has 2 amide bonds. The van der Waals surface area contributed by atoms with Crippen LogP contribution in [-0.4, -0.2) is 49.0 Å². The highest BCUT2D eigenvalue weighted by Gasteiger charge is 2.31. The van der Waals surface area contributed by atoms with Crippen LogP contribution in [0.3, 0.4) is 0 Å². The Hall–Kier alpha value is -4.87. The predicted molar refractivity (Wildman–Crippen MR) is 175 cm³/mol. The number of carbonyl (C=O) groups excluding carboxylic acids is 2. The van der Waals surface area contributed by atoms with Crippen molar-refractivity contribution < 1.29 is 32.2 Å². The second kappa shape index (κ2) is 16.1. The minimum Gasteiger partial charge on any atom is -0.446 e. The molecule has 4 aromatic carbocycles. The largest absolute Gasteiger partial charge is 0.573 e. The van der Waals surface area contributed by atoms with Crippen LogP contribution < -0.4 is 20.7 Å². The number of benzene rings is 4. The van der Waals surface area contributed by atoms with Gasteiger partial charge < -0.3 is 25.0 Å². The summed E-state index contributed by atoms with van der Waals surface area (Å²) in [5.74, 6) is -0.333. The van der Waals surface area contributed by atoms with Crippen molar-refractivity contribution in [2.75, 3.05) is 30.3 Å². The van der Waals surface area contributed by atoms with Crippen LogP contribution in [0.4, 0.5) is 29.3 Å². The molecule has 5 rings (SSSR count). The highest BCUT2D eigenvalue weighted by molar-refractivity contribution is 5.92. The number of alkyl halides is 3. The van der Waals surface area contributed by atoms with Gasteiger partial charge in [0.25, 0.3) is 0 Å². The summed E-state index contributed by atoms with van der Waals surface area (Å²) in [5, 5.41) is 9.07. The van der Waals surface area contributed by atoms with E-state index in [1.54, 1.807) is 12.1 Å². The third kappa shape index (κ3) is 10.9. The van der Waals surface area contributed by atoms with Gasteiger partial charge >= 0.3 is 12.5 Å². The highest BCUT2D eigenvalue weighted by atomic mass is 19.4. The molecule has 0 saturated carbocycles. The molecule has 1 saturated heterocycles. The molecular weight excluding hydrogens is 609 g/mol. The average molecular weight is 647 g/mol. The van der Waals surface area contributed by atoms with E-state index in [0.717, 1.165) is 35.3 Å². The van der Waals surface area contributed by atoms with Crippen LogP contribution in [0.2, 0.25) is 0 Å². The van der Waals surface area contributed by atoms with E-state index >= 15 is 0 Å². The molecule has 8 nitrogen and oxygen atoms in total. The van der Waals surface area contributed by atoms with E-state index in [2.05, 4.69) is 25.6 Å². The van der Waals surface area contributed by atoms with Gasteiger partial charge in [0.2, 0.25) is 5.91 Å². The Kier molecular flexibility index (Phi) is 11.5. The van der Waals surface area contributed by atoms with Crippen molar-refractivity contribution >= 4 is 23.4 Å². The summed E-state index contributed by atoms with van der Waals surface area (Å²) in [4.78, 5) is 27.5. The molecule has 1 heterocycles. The molecule has 1 aliphatic rings. The van der Waals surface area contributed by atoms with Crippen molar-refractivity contribution in [1.29, 1.82) is 0 Å². The fourth-order valence-corrected chi connectivity index (χ4v) is 5.35. The van der Waals surface area contributed by atoms with Crippen LogP contribution in [-0.2, 0) is 22.6 Å². The van der Waals surface area contributed by atoms with E-state index in [9.17, 15) is 22.8 Å². The first-order valence-electron chi connectivity index (χ1n) is 15.5. The molecule has 246 valence electrons. The van der Waals surface area contributed by atoms with Crippen LogP contribution in [0.25, 0.3) is 11.1 Å². The predicted octanol–water partition coefficient (Wildman–Crippen LogP) is 7.58. The topological polar surface area (TPSA) is 91.9 Å². The number of nitrogens with zero attached hydrogens (tertiary/aromatic N) is 1. The third-order valence-corrected chi connectivity index (χ3v) is 7.76. The first kappa shape index (κ1) is 33.5. The standard InChI is InChI=1S/C36H37F3N4O4/c37-36(38,39)47-31-16-12-27(13-17-31)25-40-24-26-10-14-29(15-11-26)41-34(44)20-23-43-21-18-30(19-22-43)46-35(45)42-33-9-5-4-8-32(33)28-6-2-1-3-7-28/h1-17,30,40H,18-25H2,(H,41,44)(H,42,45). The SMILES string of the molecule is O=C(CCN1CCC(OC(=O)Nc2ccccc2-c2ccccc2)CC1)Nc1ccc(CNCc2ccc(OC(F)(F)F)cc2)cc1. The van der Waals surface area contributed by atoms with E-state index in [1.165, 1.54) is 12.1 Å². The minimum absolute atomic E-state index is 0.0799. The molecule has 1 aliphatic heterocycles. The molecule has 47 heavy (non-hydrogen) atoms. The molecular formula is C36H37F3N4O4. The summed E-state index contributed by atoms with van der Waals surface area (Å²) >= 11 is 0. The van der Waals surface area contributed by atoms with Gasteiger partial charge in [0.05, 0.1) is 5.69 Å². The summed E-state index contributed by atoms with van der Waals surface area (Å²) in [6.07, 6.45) is -3.63. The van der Waals surface area contributed by atoms with Crippen molar-refractivity contribution in [2.45, 2.75) is 44.8 Å². The molecule has 3 N–H and O–H groups in total. The van der Waals surface area contributed by atoms with Gasteiger partial charge in [-0.15, -0.1) is 13.2 Å². The fourth-order valence-electron chi connectivity index (χ4n) is 5.35. The van der Waals surface area contributed by atoms with Gasteiger partial charge in [0, 0.05) is 50.4 Å². The number of para-hydroxylation sites is 1. The Labute approximate surface area is 271 Å². The first-order valence-corrected chi connectivity index (χ1v) is 15.5. The van der Waals surface area contributed by atoms with E-state index in [0.29, 0.717) is 50.3 Å². The highest BCUT2D eigenvalue weighted by Crippen LogP contribution is 2.28. The van der Waals surface area contributed by atoms with E-state index < -0.39 is 12.5 Å². The number of anilines is 2. The summed E-state index contributed by atoms with van der Waals surface area (Å²) < 4.78 is 46.5. The van der Waals surface area contributed by atoms with Crippen LogP contribution >= 0.6 is 0 Å². The minimum atomic E-state index is -4.71. The lowest BCUT2D eigenvalue weighted by Gasteiger charge is -2.31. The molecule has 0 unspecified atom stereocenters. The van der Waals surface area contributed by atoms with Gasteiger partial charge in [-0.05, 0) is 59.9 Å². The lowest BCUT2D eigenvalue weighted by Crippen LogP contribution is -2.39. The Morgan fingerprint density at radius 2 is 1.38 bits per heavy atom. The number of likely N-dealkylation sites (tertiary alicyclic amines) is 1. The lowest BCUT2D eigenvalue weighted by atomic mass is 10.0. The second-order valence-electron chi connectivity index (χ2n) is 11.3. The van der Waals surface area contributed by atoms with Crippen LogP contribution in [0.5, 0.6) is 5.75 Å². The third-order valence-electron chi connectivity index (χ3n) is 7.76. The van der Waals surface area contributed by atoms with Crippen molar-refractivity contribution in [3.05, 3.63) is 114 Å². The molecule has 0 aromatic heterocycles. The maximum absolute atomic E-state index is 12.7. The van der Waals surface area contributed by atoms with Gasteiger partial charge in [-0.25, -0.2) is 4.79 Å². The molecule has 0 atom stereocenters. The molecule has 0 bridgehead atoms. The Balaban J connectivity index is 0.967. The maximum Gasteiger partial charge on any atom is 0.573 e. The molecule has 1 fully saturated rings. The zero-order valence-corrected chi connectivity index (χ0v) is 25.8. The number of ether oxygens (including phenoxy) is 2. The normalized spacial score (nSPS) is 13.9. The maximum atomic E-state index is 12.7. The number of amides is 2. The Morgan fingerprint density at radius 1 is 0.766 bits per heavy atom. The van der Waals surface area contributed by atoms with Crippen LogP contribution in [0.15, 0.2) is 103 Å². The number of piperidine rings is 1. The Bertz CT molecular complexity index is 1590. The summed E-state index contributed by atoms with van der Waals surface area (Å²) in [7, 11) is 0. The van der Waals surface area contributed by atoms with Crippen LogP contribution in [0, 0.1) is 0 Å². The van der Waals surface area contributed by atoms with E-state index in [4.69, 9.17) is 4.74 Å². The average Bonchev–Trinajstić information content (AvgIpc) is 3.06. The number of hydrogen-bond donors (Lipinski definition) is 3. The molecule has 0 aliphatic carbocycles. The molecule has 0 spiro atoms. The molecule has 4 aromatic rings. The monoisotopic (exact) mass is 646 g/mol. The van der Waals surface area contributed by atoms with E-state index in [-0.39, 0.29) is 17.8 Å². The van der Waals surface area contributed by atoms with Crippen molar-refractivity contribution in [1.82, 2.24) is 10.2 Å². The van der Waals surface area contributed by atoms with E-state index in [1.807, 2.05) is 78.9 Å². The number of rotatable bonds is 12. The molecule has 11 heteroatoms. The zero-order valence-electron chi connectivity index (χ0n) is 25.8. The summed E-state index contributed by atoms with van der Waals surface area (Å²) in [5.41, 5.74) is 5.16. The summed E-state index contributed by atoms with van der Waals surface area (Å²) in [6, 6.07) is 30.7. The van der Waals surface area contributed by atoms with Gasteiger partial charge in [0.1, 0.15) is 11.9 Å². The number of hydrogen-bond acceptors (Lipinski definition) is 6. The second-order valence-corrected chi connectivity index (χ2v) is 11.3. The zero-order chi connectivity index (χ0) is 33.1. The fraction of sp³-hybridized carbons (Fsp3) is 0.278. The quantitative estimate of drug-likeness (QED) is 0.147. The van der Waals surface area contributed by atoms with Crippen molar-refractivity contribution in [3.63, 3.8) is 0 Å². The van der Waals surface area contributed by atoms with Gasteiger partial charge in [-0.3, -0.25) is 10.1 Å². The lowest BCUT2D eigenvalue weighted by molar-refractivity contribution is -0.274. The number of halogens is 3. The van der Waals surface area contributed by atoms with Gasteiger partial charge in [-0.2, -0.15) is 0 Å². The van der Waals surface area contributed by atoms with Crippen molar-refractivity contribution in [3.8, 4) is 16.9 Å². The van der Waals surface area contributed by atoms with Gasteiger partial charge in [0.15, 0.2) is 0 Å². The first-order chi connectivity index (χ1) is 22.7. The number of nitrogens with one attached hydrogen (secondary N) is 3. The molecule has 0 radical (unpaired) electrons. The van der Waals surface area contributed by atoms with Crippen LogP contribution in [0.1, 0.15) is 30.4 Å². The van der Waals surface area contributed by atoms with Gasteiger partial charge in [-0.1, -0.05) is 72.8 Å².